The van der Waals surface area contributed by atoms with Crippen molar-refractivity contribution in [2.45, 2.75) is 75.0 Å². The van der Waals surface area contributed by atoms with Gasteiger partial charge in [0.1, 0.15) is 0 Å². The first-order valence-electron chi connectivity index (χ1n) is 7.95. The topological polar surface area (TPSA) is 18.5 Å². The second kappa shape index (κ2) is 6.20. The van der Waals surface area contributed by atoms with Crippen LogP contribution in [0.2, 0.25) is 19.1 Å². The van der Waals surface area contributed by atoms with Gasteiger partial charge in [-0.1, -0.05) is 26.1 Å². The molecule has 0 aliphatic carbocycles. The van der Waals surface area contributed by atoms with Crippen molar-refractivity contribution in [3.05, 3.63) is 0 Å². The van der Waals surface area contributed by atoms with E-state index in [9.17, 15) is 0 Å². The van der Waals surface area contributed by atoms with Crippen molar-refractivity contribution in [1.29, 1.82) is 0 Å². The van der Waals surface area contributed by atoms with E-state index >= 15 is 0 Å². The summed E-state index contributed by atoms with van der Waals surface area (Å²) in [6, 6.07) is 1.35. The summed E-state index contributed by atoms with van der Waals surface area (Å²) in [4.78, 5) is 0. The van der Waals surface area contributed by atoms with E-state index in [0.29, 0.717) is 0 Å². The van der Waals surface area contributed by atoms with E-state index in [4.69, 9.17) is 9.47 Å². The molecule has 2 heterocycles. The third kappa shape index (κ3) is 2.49. The Kier molecular flexibility index (Phi) is 5.09. The van der Waals surface area contributed by atoms with Crippen molar-refractivity contribution < 1.29 is 9.47 Å². The van der Waals surface area contributed by atoms with Crippen LogP contribution in [0.3, 0.4) is 0 Å². The molecule has 0 amide bonds. The van der Waals surface area contributed by atoms with Gasteiger partial charge < -0.3 is 9.47 Å². The van der Waals surface area contributed by atoms with Gasteiger partial charge in [0.25, 0.3) is 0 Å². The molecule has 0 N–H and O–H groups in total. The van der Waals surface area contributed by atoms with Crippen LogP contribution in [0.4, 0.5) is 0 Å². The van der Waals surface area contributed by atoms with Gasteiger partial charge in [-0.15, -0.1) is 0 Å². The fourth-order valence-corrected chi connectivity index (χ4v) is 10.6. The number of ether oxygens (including phenoxy) is 2. The van der Waals surface area contributed by atoms with E-state index < -0.39 is 8.80 Å². The van der Waals surface area contributed by atoms with Gasteiger partial charge in [-0.25, -0.2) is 0 Å². The molecule has 4 heteroatoms. The summed E-state index contributed by atoms with van der Waals surface area (Å²) < 4.78 is 13.0. The number of hydrogen-bond donors (Lipinski definition) is 0. The average Bonchev–Trinajstić information content (AvgIpc) is 2.40. The number of rotatable bonds is 4. The second-order valence-corrected chi connectivity index (χ2v) is 12.3. The van der Waals surface area contributed by atoms with Crippen LogP contribution in [0.25, 0.3) is 0 Å². The summed E-state index contributed by atoms with van der Waals surface area (Å²) in [7, 11) is -1.06. The molecule has 0 aromatic carbocycles. The molecule has 0 spiro atoms. The highest BCUT2D eigenvalue weighted by atomic mass is 28.3. The number of hydrogen-bond acceptors (Lipinski definition) is 2. The van der Waals surface area contributed by atoms with Crippen molar-refractivity contribution >= 4 is 18.3 Å². The minimum atomic E-state index is -0.872. The van der Waals surface area contributed by atoms with Crippen molar-refractivity contribution in [1.82, 2.24) is 0 Å². The van der Waals surface area contributed by atoms with E-state index in [0.717, 1.165) is 13.2 Å². The second-order valence-electron chi connectivity index (χ2n) is 6.40. The van der Waals surface area contributed by atoms with E-state index in [1.54, 1.807) is 0 Å². The first-order chi connectivity index (χ1) is 8.67. The largest absolute Gasteiger partial charge is 0.377 e. The van der Waals surface area contributed by atoms with E-state index in [1.807, 2.05) is 0 Å². The molecule has 2 atom stereocenters. The van der Waals surface area contributed by atoms with Crippen LogP contribution in [-0.4, -0.2) is 42.0 Å². The van der Waals surface area contributed by atoms with Gasteiger partial charge in [0.05, 0.1) is 28.8 Å². The van der Waals surface area contributed by atoms with E-state index in [2.05, 4.69) is 20.0 Å². The lowest BCUT2D eigenvalue weighted by molar-refractivity contribution is -0.162. The summed E-state index contributed by atoms with van der Waals surface area (Å²) >= 11 is 0. The van der Waals surface area contributed by atoms with Gasteiger partial charge in [-0.2, -0.15) is 0 Å². The van der Waals surface area contributed by atoms with Gasteiger partial charge in [-0.05, 0) is 38.5 Å². The zero-order valence-corrected chi connectivity index (χ0v) is 15.0. The maximum atomic E-state index is 6.49. The van der Waals surface area contributed by atoms with Gasteiger partial charge in [0.15, 0.2) is 0 Å². The molecule has 106 valence electrons. The van der Waals surface area contributed by atoms with Crippen LogP contribution in [0.1, 0.15) is 45.4 Å². The normalized spacial score (nSPS) is 38.7. The van der Waals surface area contributed by atoms with Crippen LogP contribution < -0.4 is 0 Å². The molecule has 0 radical (unpaired) electrons. The van der Waals surface area contributed by atoms with Gasteiger partial charge in [0, 0.05) is 13.2 Å². The predicted octanol–water partition coefficient (Wildman–Crippen LogP) is 2.46. The summed E-state index contributed by atoms with van der Waals surface area (Å²) in [5.41, 5.74) is 0. The molecule has 2 rings (SSSR count). The Bertz CT molecular complexity index is 251. The highest BCUT2D eigenvalue weighted by molar-refractivity contribution is 6.62. The highest BCUT2D eigenvalue weighted by Gasteiger charge is 2.55. The molecule has 0 saturated carbocycles. The summed E-state index contributed by atoms with van der Waals surface area (Å²) in [5, 5.41) is 0.370. The quantitative estimate of drug-likeness (QED) is 0.739. The molecule has 2 aliphatic rings. The molecular weight excluding hydrogens is 256 g/mol. The maximum Gasteiger partial charge on any atom is 0.0794 e. The fourth-order valence-electron chi connectivity index (χ4n) is 4.16. The third-order valence-electron chi connectivity index (χ3n) is 5.01. The zero-order valence-electron chi connectivity index (χ0n) is 12.5. The van der Waals surface area contributed by atoms with Crippen LogP contribution in [0, 0.1) is 0 Å². The summed E-state index contributed by atoms with van der Waals surface area (Å²) in [6.45, 7) is 9.28. The lowest BCUT2D eigenvalue weighted by Crippen LogP contribution is -2.68. The van der Waals surface area contributed by atoms with Crippen molar-refractivity contribution in [3.63, 3.8) is 0 Å². The third-order valence-corrected chi connectivity index (χ3v) is 10.7. The Labute approximate surface area is 116 Å². The Balaban J connectivity index is 2.29. The fraction of sp³-hybridized carbons (Fsp3) is 1.00. The molecule has 2 aliphatic heterocycles. The monoisotopic (exact) mass is 286 g/mol. The van der Waals surface area contributed by atoms with Crippen LogP contribution in [0.15, 0.2) is 0 Å². The molecule has 18 heavy (non-hydrogen) atoms. The minimum absolute atomic E-state index is 0.175. The molecule has 2 saturated heterocycles. The summed E-state index contributed by atoms with van der Waals surface area (Å²) in [5.74, 6) is 0. The van der Waals surface area contributed by atoms with Crippen LogP contribution in [0.5, 0.6) is 0 Å². The lowest BCUT2D eigenvalue weighted by Gasteiger charge is -2.56. The van der Waals surface area contributed by atoms with Gasteiger partial charge in [0.2, 0.25) is 0 Å². The Hall–Kier alpha value is 0.354. The van der Waals surface area contributed by atoms with Gasteiger partial charge >= 0.3 is 0 Å². The molecular formula is C14H30O2Si2. The Morgan fingerprint density at radius 1 is 1.00 bits per heavy atom. The molecule has 0 bridgehead atoms. The van der Waals surface area contributed by atoms with E-state index in [-0.39, 0.29) is 20.0 Å². The average molecular weight is 287 g/mol. The predicted molar refractivity (Wildman–Crippen MR) is 83.0 cm³/mol. The van der Waals surface area contributed by atoms with Crippen LogP contribution in [-0.2, 0) is 9.47 Å². The van der Waals surface area contributed by atoms with Crippen molar-refractivity contribution in [3.8, 4) is 0 Å². The van der Waals surface area contributed by atoms with Crippen LogP contribution >= 0.6 is 0 Å². The summed E-state index contributed by atoms with van der Waals surface area (Å²) in [6.07, 6.45) is 7.80. The molecule has 0 aromatic rings. The van der Waals surface area contributed by atoms with Gasteiger partial charge in [-0.3, -0.25) is 0 Å². The lowest BCUT2D eigenvalue weighted by atomic mass is 9.96. The molecule has 0 aromatic heterocycles. The Morgan fingerprint density at radius 3 is 2.11 bits per heavy atom. The zero-order chi connectivity index (χ0) is 13.1. The molecule has 2 unspecified atom stereocenters. The van der Waals surface area contributed by atoms with E-state index in [1.165, 1.54) is 44.6 Å². The first kappa shape index (κ1) is 14.8. The Morgan fingerprint density at radius 2 is 1.67 bits per heavy atom. The standard InChI is InChI=1S/C14H30O2Si2/c1-4-17-13(9-5-7-11-15-13)14(18(2)3)10-6-8-12-16-14/h18H,4-12,17H2,1-3H3. The first-order valence-corrected chi connectivity index (χ1v) is 12.5. The smallest absolute Gasteiger partial charge is 0.0794 e. The molecule has 2 fully saturated rings. The van der Waals surface area contributed by atoms with Crippen molar-refractivity contribution in [2.24, 2.45) is 0 Å². The van der Waals surface area contributed by atoms with Crippen molar-refractivity contribution in [2.75, 3.05) is 13.2 Å². The highest BCUT2D eigenvalue weighted by Crippen LogP contribution is 2.44. The minimum Gasteiger partial charge on any atom is -0.377 e. The molecule has 2 nitrogen and oxygen atoms in total. The maximum absolute atomic E-state index is 6.49. The SMILES string of the molecule is CC[SiH2]C1(C2([SiH](C)C)CCCCO2)CCCCO1.